The van der Waals surface area contributed by atoms with E-state index in [0.717, 1.165) is 33.5 Å². The first kappa shape index (κ1) is 18.1. The Morgan fingerprint density at radius 1 is 0.800 bits per heavy atom. The van der Waals surface area contributed by atoms with Gasteiger partial charge in [0.25, 0.3) is 0 Å². The van der Waals surface area contributed by atoms with Crippen molar-refractivity contribution in [1.29, 1.82) is 0 Å². The van der Waals surface area contributed by atoms with Crippen LogP contribution in [0.1, 0.15) is 0 Å². The number of para-hydroxylation sites is 1. The maximum absolute atomic E-state index is 6.35. The fourth-order valence-electron chi connectivity index (χ4n) is 3.04. The van der Waals surface area contributed by atoms with Gasteiger partial charge in [-0.1, -0.05) is 53.7 Å². The molecule has 0 saturated heterocycles. The molecule has 0 aliphatic rings. The number of benzene rings is 3. The maximum atomic E-state index is 6.35. The summed E-state index contributed by atoms with van der Waals surface area (Å²) >= 11 is 1.50. The van der Waals surface area contributed by atoms with Crippen molar-refractivity contribution in [3.05, 3.63) is 90.3 Å². The molecule has 5 rings (SSSR count). The van der Waals surface area contributed by atoms with E-state index in [-0.39, 0.29) is 0 Å². The lowest BCUT2D eigenvalue weighted by Gasteiger charge is -2.07. The molecular weight excluding hydrogens is 394 g/mol. The summed E-state index contributed by atoms with van der Waals surface area (Å²) in [5.74, 6) is 1.96. The Labute approximate surface area is 177 Å². The van der Waals surface area contributed by atoms with Crippen molar-refractivity contribution in [1.82, 2.24) is 20.0 Å². The molecule has 0 fully saturated rings. The van der Waals surface area contributed by atoms with Gasteiger partial charge in [0.2, 0.25) is 0 Å². The number of ether oxygens (including phenoxy) is 1. The van der Waals surface area contributed by atoms with Crippen LogP contribution in [0.5, 0.6) is 11.5 Å². The highest BCUT2D eigenvalue weighted by molar-refractivity contribution is 7.13. The van der Waals surface area contributed by atoms with Gasteiger partial charge in [-0.25, -0.2) is 4.98 Å². The van der Waals surface area contributed by atoms with Gasteiger partial charge in [0.15, 0.2) is 11.5 Å². The number of hydrogen-bond donors (Lipinski definition) is 1. The van der Waals surface area contributed by atoms with Crippen LogP contribution < -0.4 is 10.5 Å². The predicted octanol–water partition coefficient (Wildman–Crippen LogP) is 5.43. The van der Waals surface area contributed by atoms with Crippen LogP contribution in [0, 0.1) is 0 Å². The predicted molar refractivity (Wildman–Crippen MR) is 119 cm³/mol. The molecule has 0 aliphatic heterocycles. The van der Waals surface area contributed by atoms with Crippen LogP contribution in [0.4, 0.5) is 5.82 Å². The van der Waals surface area contributed by atoms with Crippen molar-refractivity contribution in [2.75, 3.05) is 5.73 Å². The van der Waals surface area contributed by atoms with Crippen molar-refractivity contribution in [3.8, 4) is 39.1 Å². The molecule has 6 nitrogen and oxygen atoms in total. The molecule has 0 unspecified atom stereocenters. The minimum Gasteiger partial charge on any atom is -0.457 e. The smallest absolute Gasteiger partial charge is 0.165 e. The lowest BCUT2D eigenvalue weighted by Crippen LogP contribution is -2.02. The van der Waals surface area contributed by atoms with E-state index in [1.807, 2.05) is 90.3 Å². The Bertz CT molecular complexity index is 1260. The summed E-state index contributed by atoms with van der Waals surface area (Å²) in [5.41, 5.74) is 9.67. The number of aromatic nitrogens is 4. The second-order valence-electron chi connectivity index (χ2n) is 6.55. The summed E-state index contributed by atoms with van der Waals surface area (Å²) in [6.45, 7) is 0. The highest BCUT2D eigenvalue weighted by atomic mass is 32.1. The summed E-state index contributed by atoms with van der Waals surface area (Å²) < 4.78 is 7.44. The van der Waals surface area contributed by atoms with E-state index in [0.29, 0.717) is 11.5 Å². The van der Waals surface area contributed by atoms with E-state index in [9.17, 15) is 0 Å². The van der Waals surface area contributed by atoms with Crippen LogP contribution in [-0.2, 0) is 0 Å². The molecular formula is C23H17N5OS. The Kier molecular flexibility index (Phi) is 4.71. The number of hydrogen-bond acceptors (Lipinski definition) is 6. The van der Waals surface area contributed by atoms with E-state index >= 15 is 0 Å². The summed E-state index contributed by atoms with van der Waals surface area (Å²) in [7, 11) is 0. The van der Waals surface area contributed by atoms with Gasteiger partial charge in [-0.05, 0) is 36.4 Å². The van der Waals surface area contributed by atoms with Gasteiger partial charge in [-0.3, -0.25) is 0 Å². The van der Waals surface area contributed by atoms with Gasteiger partial charge >= 0.3 is 0 Å². The van der Waals surface area contributed by atoms with Crippen molar-refractivity contribution in [2.24, 2.45) is 0 Å². The van der Waals surface area contributed by atoms with Crippen LogP contribution in [0.15, 0.2) is 90.3 Å². The van der Waals surface area contributed by atoms with Crippen LogP contribution in [0.2, 0.25) is 0 Å². The summed E-state index contributed by atoms with van der Waals surface area (Å²) in [5, 5.41) is 11.2. The second kappa shape index (κ2) is 7.81. The molecule has 0 radical (unpaired) electrons. The third-order valence-electron chi connectivity index (χ3n) is 4.54. The SMILES string of the molecule is Nc1c(-c2nc(-c3ccccc3)cs2)nnn1-c1ccc(Oc2ccccc2)cc1. The van der Waals surface area contributed by atoms with Gasteiger partial charge in [0, 0.05) is 10.9 Å². The highest BCUT2D eigenvalue weighted by Crippen LogP contribution is 2.32. The molecule has 146 valence electrons. The molecule has 2 aromatic heterocycles. The zero-order chi connectivity index (χ0) is 20.3. The molecule has 0 atom stereocenters. The van der Waals surface area contributed by atoms with Gasteiger partial charge in [-0.2, -0.15) is 4.68 Å². The molecule has 0 bridgehead atoms. The van der Waals surface area contributed by atoms with Gasteiger partial charge < -0.3 is 10.5 Å². The monoisotopic (exact) mass is 411 g/mol. The minimum absolute atomic E-state index is 0.445. The molecule has 2 N–H and O–H groups in total. The minimum atomic E-state index is 0.445. The Balaban J connectivity index is 1.39. The van der Waals surface area contributed by atoms with Crippen molar-refractivity contribution in [2.45, 2.75) is 0 Å². The fourth-order valence-corrected chi connectivity index (χ4v) is 3.86. The van der Waals surface area contributed by atoms with E-state index in [1.54, 1.807) is 4.68 Å². The lowest BCUT2D eigenvalue weighted by atomic mass is 10.2. The first-order valence-corrected chi connectivity index (χ1v) is 10.2. The number of nitrogens with two attached hydrogens (primary N) is 1. The standard InChI is InChI=1S/C23H17N5OS/c24-22-21(23-25-20(15-30-23)16-7-3-1-4-8-16)26-27-28(22)17-11-13-19(14-12-17)29-18-9-5-2-6-10-18/h1-15H,24H2. The topological polar surface area (TPSA) is 78.9 Å². The fraction of sp³-hybridized carbons (Fsp3) is 0. The Morgan fingerprint density at radius 2 is 1.47 bits per heavy atom. The molecule has 7 heteroatoms. The summed E-state index contributed by atoms with van der Waals surface area (Å²) in [4.78, 5) is 4.68. The maximum Gasteiger partial charge on any atom is 0.165 e. The van der Waals surface area contributed by atoms with Crippen molar-refractivity contribution in [3.63, 3.8) is 0 Å². The number of thiazole rings is 1. The molecule has 0 amide bonds. The molecule has 2 heterocycles. The zero-order valence-electron chi connectivity index (χ0n) is 15.8. The number of nitrogen functional groups attached to an aromatic ring is 1. The van der Waals surface area contributed by atoms with Crippen LogP contribution in [0.25, 0.3) is 27.6 Å². The molecule has 3 aromatic carbocycles. The largest absolute Gasteiger partial charge is 0.457 e. The molecule has 0 spiro atoms. The van der Waals surface area contributed by atoms with E-state index in [1.165, 1.54) is 11.3 Å². The van der Waals surface area contributed by atoms with Crippen LogP contribution in [-0.4, -0.2) is 20.0 Å². The quantitative estimate of drug-likeness (QED) is 0.417. The van der Waals surface area contributed by atoms with E-state index < -0.39 is 0 Å². The molecule has 30 heavy (non-hydrogen) atoms. The first-order chi connectivity index (χ1) is 14.8. The van der Waals surface area contributed by atoms with E-state index in [2.05, 4.69) is 15.3 Å². The van der Waals surface area contributed by atoms with Gasteiger partial charge in [0.1, 0.15) is 16.5 Å². The second-order valence-corrected chi connectivity index (χ2v) is 7.41. The van der Waals surface area contributed by atoms with Crippen molar-refractivity contribution < 1.29 is 4.74 Å². The normalized spacial score (nSPS) is 10.8. The van der Waals surface area contributed by atoms with E-state index in [4.69, 9.17) is 10.5 Å². The lowest BCUT2D eigenvalue weighted by molar-refractivity contribution is 0.482. The molecule has 5 aromatic rings. The third-order valence-corrected chi connectivity index (χ3v) is 5.39. The Morgan fingerprint density at radius 3 is 2.20 bits per heavy atom. The average molecular weight is 411 g/mol. The van der Waals surface area contributed by atoms with Crippen LogP contribution >= 0.6 is 11.3 Å². The number of anilines is 1. The number of nitrogens with zero attached hydrogens (tertiary/aromatic N) is 4. The number of rotatable bonds is 5. The first-order valence-electron chi connectivity index (χ1n) is 9.34. The average Bonchev–Trinajstić information content (AvgIpc) is 3.43. The third kappa shape index (κ3) is 3.54. The van der Waals surface area contributed by atoms with Gasteiger partial charge in [0.05, 0.1) is 11.4 Å². The summed E-state index contributed by atoms with van der Waals surface area (Å²) in [6, 6.07) is 27.2. The van der Waals surface area contributed by atoms with Crippen LogP contribution in [0.3, 0.4) is 0 Å². The van der Waals surface area contributed by atoms with Crippen molar-refractivity contribution >= 4 is 17.2 Å². The Hall–Kier alpha value is -3.97. The van der Waals surface area contributed by atoms with Gasteiger partial charge in [-0.15, -0.1) is 16.4 Å². The molecule has 0 saturated carbocycles. The highest BCUT2D eigenvalue weighted by Gasteiger charge is 2.17. The molecule has 0 aliphatic carbocycles. The zero-order valence-corrected chi connectivity index (χ0v) is 16.7. The summed E-state index contributed by atoms with van der Waals surface area (Å²) in [6.07, 6.45) is 0.